The Bertz CT molecular complexity index is 64.9. The molecule has 1 aliphatic heterocycles. The van der Waals surface area contributed by atoms with E-state index in [1.807, 2.05) is 0 Å². The molecule has 8 heavy (non-hydrogen) atoms. The van der Waals surface area contributed by atoms with Gasteiger partial charge in [0.25, 0.3) is 0 Å². The zero-order valence-corrected chi connectivity index (χ0v) is 5.91. The molecule has 0 saturated carbocycles. The van der Waals surface area contributed by atoms with Crippen LogP contribution in [0.25, 0.3) is 0 Å². The van der Waals surface area contributed by atoms with E-state index in [0.29, 0.717) is 11.4 Å². The molecule has 1 rings (SSSR count). The van der Waals surface area contributed by atoms with Gasteiger partial charge in [-0.25, -0.2) is 0 Å². The van der Waals surface area contributed by atoms with Crippen LogP contribution < -0.4 is 5.32 Å². The van der Waals surface area contributed by atoms with Gasteiger partial charge in [0.15, 0.2) is 0 Å². The fourth-order valence-electron chi connectivity index (χ4n) is 1.00. The molecule has 1 aliphatic rings. The van der Waals surface area contributed by atoms with Crippen LogP contribution in [0.3, 0.4) is 0 Å². The minimum Gasteiger partial charge on any atom is -0.313 e. The van der Waals surface area contributed by atoms with Crippen molar-refractivity contribution in [1.82, 2.24) is 5.32 Å². The van der Waals surface area contributed by atoms with Crippen LogP contribution in [0.15, 0.2) is 0 Å². The van der Waals surface area contributed by atoms with Gasteiger partial charge in [-0.1, -0.05) is 0 Å². The van der Waals surface area contributed by atoms with Crippen molar-refractivity contribution in [2.24, 2.45) is 0 Å². The van der Waals surface area contributed by atoms with Crippen LogP contribution >= 0.6 is 11.6 Å². The highest BCUT2D eigenvalue weighted by atomic mass is 35.5. The van der Waals surface area contributed by atoms with Crippen molar-refractivity contribution in [1.29, 1.82) is 0 Å². The topological polar surface area (TPSA) is 12.0 Å². The smallest absolute Gasteiger partial charge is 0.0487 e. The summed E-state index contributed by atoms with van der Waals surface area (Å²) in [6, 6.07) is 0.519. The van der Waals surface area contributed by atoms with Crippen molar-refractivity contribution in [3.63, 3.8) is 0 Å². The van der Waals surface area contributed by atoms with E-state index >= 15 is 0 Å². The lowest BCUT2D eigenvalue weighted by Crippen LogP contribution is -2.39. The molecule has 2 unspecified atom stereocenters. The van der Waals surface area contributed by atoms with Gasteiger partial charge >= 0.3 is 0 Å². The molecule has 2 atom stereocenters. The Balaban J connectivity index is 2.28. The molecule has 1 N–H and O–H groups in total. The third-order valence-corrected chi connectivity index (χ3v) is 2.26. The summed E-state index contributed by atoms with van der Waals surface area (Å²) in [5.74, 6) is 0. The summed E-state index contributed by atoms with van der Waals surface area (Å²) in [6.45, 7) is 3.28. The SMILES string of the molecule is CC1NCCCC1Cl. The standard InChI is InChI=1S/C6H12ClN/c1-5-6(7)3-2-4-8-5/h5-6,8H,2-4H2,1H3. The third-order valence-electron chi connectivity index (χ3n) is 1.67. The first kappa shape index (κ1) is 6.37. The van der Waals surface area contributed by atoms with Gasteiger partial charge in [0.1, 0.15) is 0 Å². The second-order valence-corrected chi connectivity index (χ2v) is 2.96. The predicted octanol–water partition coefficient (Wildman–Crippen LogP) is 1.37. The van der Waals surface area contributed by atoms with E-state index in [-0.39, 0.29) is 0 Å². The van der Waals surface area contributed by atoms with Crippen molar-refractivity contribution in [3.05, 3.63) is 0 Å². The Morgan fingerprint density at radius 3 is 2.75 bits per heavy atom. The highest BCUT2D eigenvalue weighted by Gasteiger charge is 2.16. The Morgan fingerprint density at radius 1 is 1.62 bits per heavy atom. The number of rotatable bonds is 0. The quantitative estimate of drug-likeness (QED) is 0.493. The van der Waals surface area contributed by atoms with Crippen molar-refractivity contribution in [2.45, 2.75) is 31.2 Å². The van der Waals surface area contributed by atoms with Crippen LogP contribution in [0.2, 0.25) is 0 Å². The minimum absolute atomic E-state index is 0.365. The molecule has 1 fully saturated rings. The highest BCUT2D eigenvalue weighted by Crippen LogP contribution is 2.13. The summed E-state index contributed by atoms with van der Waals surface area (Å²) in [5, 5.41) is 3.66. The Kier molecular flexibility index (Phi) is 2.15. The maximum atomic E-state index is 5.90. The van der Waals surface area contributed by atoms with E-state index in [2.05, 4.69) is 12.2 Å². The highest BCUT2D eigenvalue weighted by molar-refractivity contribution is 6.21. The zero-order valence-electron chi connectivity index (χ0n) is 5.15. The van der Waals surface area contributed by atoms with Crippen LogP contribution in [0.4, 0.5) is 0 Å². The summed E-state index contributed by atoms with van der Waals surface area (Å²) in [5.41, 5.74) is 0. The van der Waals surface area contributed by atoms with Crippen LogP contribution in [-0.2, 0) is 0 Å². The fourth-order valence-corrected chi connectivity index (χ4v) is 1.25. The van der Waals surface area contributed by atoms with Crippen molar-refractivity contribution < 1.29 is 0 Å². The largest absolute Gasteiger partial charge is 0.313 e. The number of hydrogen-bond acceptors (Lipinski definition) is 1. The minimum atomic E-state index is 0.365. The molecule has 0 radical (unpaired) electrons. The van der Waals surface area contributed by atoms with Gasteiger partial charge in [0, 0.05) is 11.4 Å². The molecule has 48 valence electrons. The van der Waals surface area contributed by atoms with Crippen LogP contribution in [0, 0.1) is 0 Å². The van der Waals surface area contributed by atoms with E-state index < -0.39 is 0 Å². The molecule has 0 aromatic heterocycles. The first-order valence-corrected chi connectivity index (χ1v) is 3.62. The van der Waals surface area contributed by atoms with Crippen LogP contribution in [-0.4, -0.2) is 18.0 Å². The first-order chi connectivity index (χ1) is 3.80. The van der Waals surface area contributed by atoms with Gasteiger partial charge in [-0.2, -0.15) is 0 Å². The number of nitrogens with one attached hydrogen (secondary N) is 1. The van der Waals surface area contributed by atoms with Gasteiger partial charge in [0.05, 0.1) is 0 Å². The van der Waals surface area contributed by atoms with Crippen LogP contribution in [0.1, 0.15) is 19.8 Å². The Labute approximate surface area is 55.4 Å². The van der Waals surface area contributed by atoms with Gasteiger partial charge in [-0.05, 0) is 26.3 Å². The number of piperidine rings is 1. The summed E-state index contributed by atoms with van der Waals surface area (Å²) in [6.07, 6.45) is 2.41. The average molecular weight is 134 g/mol. The molecule has 1 nitrogen and oxygen atoms in total. The summed E-state index contributed by atoms with van der Waals surface area (Å²) in [4.78, 5) is 0. The monoisotopic (exact) mass is 133 g/mol. The van der Waals surface area contributed by atoms with E-state index in [9.17, 15) is 0 Å². The second kappa shape index (κ2) is 2.70. The molecule has 0 aliphatic carbocycles. The number of halogens is 1. The second-order valence-electron chi connectivity index (χ2n) is 2.40. The number of alkyl halides is 1. The average Bonchev–Trinajstić information content (AvgIpc) is 1.77. The molecule has 1 heterocycles. The van der Waals surface area contributed by atoms with Crippen LogP contribution in [0.5, 0.6) is 0 Å². The molecular formula is C6H12ClN. The molecule has 0 aromatic carbocycles. The molecular weight excluding hydrogens is 122 g/mol. The molecule has 0 amide bonds. The Hall–Kier alpha value is 0.250. The molecule has 0 bridgehead atoms. The van der Waals surface area contributed by atoms with E-state index in [1.165, 1.54) is 12.8 Å². The molecule has 0 spiro atoms. The lowest BCUT2D eigenvalue weighted by Gasteiger charge is -2.24. The van der Waals surface area contributed by atoms with Gasteiger partial charge in [-0.15, -0.1) is 11.6 Å². The third kappa shape index (κ3) is 1.36. The first-order valence-electron chi connectivity index (χ1n) is 3.18. The van der Waals surface area contributed by atoms with Crippen molar-refractivity contribution >= 4 is 11.6 Å². The Morgan fingerprint density at radius 2 is 2.38 bits per heavy atom. The predicted molar refractivity (Wildman–Crippen MR) is 36.3 cm³/mol. The van der Waals surface area contributed by atoms with E-state index in [0.717, 1.165) is 6.54 Å². The summed E-state index contributed by atoms with van der Waals surface area (Å²) < 4.78 is 0. The lowest BCUT2D eigenvalue weighted by molar-refractivity contribution is 0.432. The van der Waals surface area contributed by atoms with Crippen molar-refractivity contribution in [2.75, 3.05) is 6.54 Å². The zero-order chi connectivity index (χ0) is 5.98. The number of hydrogen-bond donors (Lipinski definition) is 1. The van der Waals surface area contributed by atoms with Gasteiger partial charge < -0.3 is 5.32 Å². The van der Waals surface area contributed by atoms with Crippen molar-refractivity contribution in [3.8, 4) is 0 Å². The summed E-state index contributed by atoms with van der Waals surface area (Å²) in [7, 11) is 0. The maximum absolute atomic E-state index is 5.90. The van der Waals surface area contributed by atoms with E-state index in [4.69, 9.17) is 11.6 Å². The van der Waals surface area contributed by atoms with Gasteiger partial charge in [-0.3, -0.25) is 0 Å². The lowest BCUT2D eigenvalue weighted by atomic mass is 10.1. The molecule has 1 saturated heterocycles. The molecule has 2 heteroatoms. The van der Waals surface area contributed by atoms with E-state index in [1.54, 1.807) is 0 Å². The summed E-state index contributed by atoms with van der Waals surface area (Å²) >= 11 is 5.90. The fraction of sp³-hybridized carbons (Fsp3) is 1.00. The maximum Gasteiger partial charge on any atom is 0.0487 e. The normalized spacial score (nSPS) is 39.8. The molecule has 0 aromatic rings. The van der Waals surface area contributed by atoms with Gasteiger partial charge in [0.2, 0.25) is 0 Å².